The zero-order valence-corrected chi connectivity index (χ0v) is 12.8. The Hall–Kier alpha value is -2.21. The van der Waals surface area contributed by atoms with Crippen LogP contribution < -0.4 is 15.2 Å². The lowest BCUT2D eigenvalue weighted by atomic mass is 10.2. The third-order valence-electron chi connectivity index (χ3n) is 2.88. The van der Waals surface area contributed by atoms with Gasteiger partial charge in [0.25, 0.3) is 10.0 Å². The Bertz CT molecular complexity index is 725. The molecule has 0 spiro atoms. The second-order valence-corrected chi connectivity index (χ2v) is 6.29. The van der Waals surface area contributed by atoms with Gasteiger partial charge in [-0.2, -0.15) is 0 Å². The van der Waals surface area contributed by atoms with Gasteiger partial charge in [-0.3, -0.25) is 4.72 Å². The first kappa shape index (κ1) is 15.2. The van der Waals surface area contributed by atoms with E-state index in [0.717, 1.165) is 5.56 Å². The van der Waals surface area contributed by atoms with E-state index in [9.17, 15) is 8.42 Å². The van der Waals surface area contributed by atoms with Gasteiger partial charge in [0.1, 0.15) is 5.75 Å². The van der Waals surface area contributed by atoms with Gasteiger partial charge in [-0.1, -0.05) is 17.7 Å². The molecule has 0 bridgehead atoms. The number of aryl methyl sites for hydroxylation is 1. The third kappa shape index (κ3) is 3.66. The van der Waals surface area contributed by atoms with Gasteiger partial charge in [-0.25, -0.2) is 8.42 Å². The summed E-state index contributed by atoms with van der Waals surface area (Å²) >= 11 is 0. The van der Waals surface area contributed by atoms with E-state index in [4.69, 9.17) is 10.5 Å². The smallest absolute Gasteiger partial charge is 0.262 e. The molecule has 6 heteroatoms. The lowest BCUT2D eigenvalue weighted by Gasteiger charge is -2.13. The van der Waals surface area contributed by atoms with Crippen LogP contribution in [-0.2, 0) is 10.0 Å². The average Bonchev–Trinajstić information content (AvgIpc) is 2.42. The summed E-state index contributed by atoms with van der Waals surface area (Å²) in [5, 5.41) is 0. The number of ether oxygens (including phenoxy) is 1. The minimum atomic E-state index is -3.65. The molecule has 0 aliphatic rings. The molecule has 0 amide bonds. The van der Waals surface area contributed by atoms with Crippen LogP contribution in [-0.4, -0.2) is 15.0 Å². The number of nitrogens with one attached hydrogen (secondary N) is 1. The van der Waals surface area contributed by atoms with Gasteiger partial charge >= 0.3 is 0 Å². The highest BCUT2D eigenvalue weighted by atomic mass is 32.2. The summed E-state index contributed by atoms with van der Waals surface area (Å²) in [4.78, 5) is 0.201. The second-order valence-electron chi connectivity index (χ2n) is 4.61. The number of hydrogen-bond acceptors (Lipinski definition) is 4. The molecule has 0 unspecified atom stereocenters. The molecule has 0 aromatic heterocycles. The fraction of sp³-hybridized carbons (Fsp3) is 0.200. The van der Waals surface area contributed by atoms with Crippen molar-refractivity contribution in [3.8, 4) is 5.75 Å². The number of anilines is 2. The molecule has 0 aliphatic carbocycles. The molecule has 2 rings (SSSR count). The Labute approximate surface area is 124 Å². The Kier molecular flexibility index (Phi) is 4.37. The highest BCUT2D eigenvalue weighted by molar-refractivity contribution is 7.92. The Morgan fingerprint density at radius 1 is 1.14 bits per heavy atom. The fourth-order valence-corrected chi connectivity index (χ4v) is 2.89. The predicted octanol–water partition coefficient (Wildman–Crippen LogP) is 2.78. The molecule has 0 atom stereocenters. The second kappa shape index (κ2) is 6.05. The quantitative estimate of drug-likeness (QED) is 0.832. The fourth-order valence-electron chi connectivity index (χ4n) is 1.82. The number of nitrogens with two attached hydrogens (primary N) is 1. The number of hydrogen-bond donors (Lipinski definition) is 2. The summed E-state index contributed by atoms with van der Waals surface area (Å²) in [7, 11) is -3.65. The molecule has 0 heterocycles. The summed E-state index contributed by atoms with van der Waals surface area (Å²) in [5.74, 6) is 0.410. The maximum Gasteiger partial charge on any atom is 0.262 e. The minimum absolute atomic E-state index is 0.201. The van der Waals surface area contributed by atoms with E-state index in [0.29, 0.717) is 23.7 Å². The molecular weight excluding hydrogens is 288 g/mol. The van der Waals surface area contributed by atoms with E-state index in [1.54, 1.807) is 42.5 Å². The molecule has 0 aliphatic heterocycles. The summed E-state index contributed by atoms with van der Waals surface area (Å²) in [6.45, 7) is 4.14. The highest BCUT2D eigenvalue weighted by Crippen LogP contribution is 2.29. The van der Waals surface area contributed by atoms with Gasteiger partial charge < -0.3 is 10.5 Å². The van der Waals surface area contributed by atoms with E-state index in [1.165, 1.54) is 0 Å². The van der Waals surface area contributed by atoms with Crippen molar-refractivity contribution in [2.75, 3.05) is 17.1 Å². The van der Waals surface area contributed by atoms with Gasteiger partial charge in [-0.15, -0.1) is 0 Å². The van der Waals surface area contributed by atoms with E-state index < -0.39 is 10.0 Å². The van der Waals surface area contributed by atoms with Crippen molar-refractivity contribution in [3.63, 3.8) is 0 Å². The van der Waals surface area contributed by atoms with E-state index in [-0.39, 0.29) is 4.90 Å². The topological polar surface area (TPSA) is 81.4 Å². The third-order valence-corrected chi connectivity index (χ3v) is 4.26. The molecule has 0 saturated heterocycles. The average molecular weight is 306 g/mol. The molecular formula is C15H18N2O3S. The summed E-state index contributed by atoms with van der Waals surface area (Å²) in [5.41, 5.74) is 7.57. The van der Waals surface area contributed by atoms with Gasteiger partial charge in [0.2, 0.25) is 0 Å². The molecule has 2 aromatic rings. The van der Waals surface area contributed by atoms with E-state index in [1.807, 2.05) is 13.8 Å². The van der Waals surface area contributed by atoms with Crippen LogP contribution in [0.5, 0.6) is 5.75 Å². The number of sulfonamides is 1. The molecule has 112 valence electrons. The van der Waals surface area contributed by atoms with Crippen molar-refractivity contribution < 1.29 is 13.2 Å². The first-order valence-corrected chi connectivity index (χ1v) is 8.02. The minimum Gasteiger partial charge on any atom is -0.492 e. The maximum absolute atomic E-state index is 12.4. The van der Waals surface area contributed by atoms with Crippen LogP contribution in [0, 0.1) is 6.92 Å². The predicted molar refractivity (Wildman–Crippen MR) is 84.0 cm³/mol. The van der Waals surface area contributed by atoms with Crippen LogP contribution >= 0.6 is 0 Å². The summed E-state index contributed by atoms with van der Waals surface area (Å²) in [6, 6.07) is 11.4. The molecule has 21 heavy (non-hydrogen) atoms. The van der Waals surface area contributed by atoms with Crippen LogP contribution in [0.4, 0.5) is 11.4 Å². The Morgan fingerprint density at radius 2 is 1.81 bits per heavy atom. The SMILES string of the molecule is CCOc1cc(N)ccc1NS(=O)(=O)c1ccc(C)cc1. The van der Waals surface area contributed by atoms with Gasteiger partial charge in [0.05, 0.1) is 17.2 Å². The molecule has 0 radical (unpaired) electrons. The van der Waals surface area contributed by atoms with Crippen LogP contribution in [0.1, 0.15) is 12.5 Å². The van der Waals surface area contributed by atoms with Crippen molar-refractivity contribution in [1.29, 1.82) is 0 Å². The van der Waals surface area contributed by atoms with Crippen LogP contribution in [0.15, 0.2) is 47.4 Å². The standard InChI is InChI=1S/C15H18N2O3S/c1-3-20-15-10-12(16)6-9-14(15)17-21(18,19)13-7-4-11(2)5-8-13/h4-10,17H,3,16H2,1-2H3. The van der Waals surface area contributed by atoms with Crippen molar-refractivity contribution in [3.05, 3.63) is 48.0 Å². The lowest BCUT2D eigenvalue weighted by Crippen LogP contribution is -2.14. The van der Waals surface area contributed by atoms with Gasteiger partial charge in [0.15, 0.2) is 0 Å². The van der Waals surface area contributed by atoms with Crippen LogP contribution in [0.3, 0.4) is 0 Å². The summed E-state index contributed by atoms with van der Waals surface area (Å²) in [6.07, 6.45) is 0. The van der Waals surface area contributed by atoms with E-state index in [2.05, 4.69) is 4.72 Å². The monoisotopic (exact) mass is 306 g/mol. The van der Waals surface area contributed by atoms with Crippen LogP contribution in [0.2, 0.25) is 0 Å². The zero-order valence-electron chi connectivity index (χ0n) is 12.0. The molecule has 0 fully saturated rings. The maximum atomic E-state index is 12.4. The molecule has 2 aromatic carbocycles. The van der Waals surface area contributed by atoms with Crippen LogP contribution in [0.25, 0.3) is 0 Å². The Morgan fingerprint density at radius 3 is 2.43 bits per heavy atom. The highest BCUT2D eigenvalue weighted by Gasteiger charge is 2.16. The number of rotatable bonds is 5. The first-order chi connectivity index (χ1) is 9.92. The van der Waals surface area contributed by atoms with Gasteiger partial charge in [-0.05, 0) is 38.1 Å². The van der Waals surface area contributed by atoms with Crippen molar-refractivity contribution in [1.82, 2.24) is 0 Å². The first-order valence-electron chi connectivity index (χ1n) is 6.54. The number of benzene rings is 2. The van der Waals surface area contributed by atoms with Crippen molar-refractivity contribution in [2.45, 2.75) is 18.7 Å². The molecule has 3 N–H and O–H groups in total. The lowest BCUT2D eigenvalue weighted by molar-refractivity contribution is 0.342. The zero-order chi connectivity index (χ0) is 15.5. The van der Waals surface area contributed by atoms with Crippen molar-refractivity contribution >= 4 is 21.4 Å². The van der Waals surface area contributed by atoms with E-state index >= 15 is 0 Å². The summed E-state index contributed by atoms with van der Waals surface area (Å²) < 4.78 is 32.7. The molecule has 0 saturated carbocycles. The normalized spacial score (nSPS) is 11.1. The van der Waals surface area contributed by atoms with Gasteiger partial charge in [0, 0.05) is 11.8 Å². The molecule has 5 nitrogen and oxygen atoms in total. The Balaban J connectivity index is 2.34. The number of nitrogen functional groups attached to an aromatic ring is 1. The van der Waals surface area contributed by atoms with Crippen molar-refractivity contribution in [2.24, 2.45) is 0 Å². The largest absolute Gasteiger partial charge is 0.492 e.